The van der Waals surface area contributed by atoms with E-state index in [2.05, 4.69) is 22.8 Å². The molecule has 5 rings (SSSR count). The summed E-state index contributed by atoms with van der Waals surface area (Å²) in [5, 5.41) is 6.46. The Labute approximate surface area is 192 Å². The molecular weight excluding hydrogens is 418 g/mol. The second-order valence-corrected chi connectivity index (χ2v) is 9.12. The number of nitrogens with zero attached hydrogens (tertiary/aromatic N) is 1. The normalized spacial score (nSPS) is 21.1. The molecule has 1 aromatic heterocycles. The second kappa shape index (κ2) is 8.06. The number of carbonyl (C=O) groups is 3. The van der Waals surface area contributed by atoms with Crippen molar-refractivity contribution in [3.05, 3.63) is 71.0 Å². The lowest BCUT2D eigenvalue weighted by atomic mass is 9.89. The first-order valence-corrected chi connectivity index (χ1v) is 11.4. The minimum absolute atomic E-state index is 0.229. The summed E-state index contributed by atoms with van der Waals surface area (Å²) in [4.78, 5) is 39.5. The van der Waals surface area contributed by atoms with Crippen LogP contribution in [0.2, 0.25) is 0 Å². The van der Waals surface area contributed by atoms with Gasteiger partial charge in [0.05, 0.1) is 6.04 Å². The van der Waals surface area contributed by atoms with E-state index in [-0.39, 0.29) is 12.6 Å². The summed E-state index contributed by atoms with van der Waals surface area (Å²) in [6.45, 7) is 3.15. The van der Waals surface area contributed by atoms with E-state index in [0.717, 1.165) is 28.7 Å². The number of furan rings is 1. The maximum absolute atomic E-state index is 13.2. The van der Waals surface area contributed by atoms with E-state index >= 15 is 0 Å². The van der Waals surface area contributed by atoms with Crippen LogP contribution in [0.1, 0.15) is 55.2 Å². The van der Waals surface area contributed by atoms with Crippen molar-refractivity contribution in [2.75, 3.05) is 6.54 Å². The highest BCUT2D eigenvalue weighted by molar-refractivity contribution is 6.09. The third kappa shape index (κ3) is 3.77. The van der Waals surface area contributed by atoms with Crippen molar-refractivity contribution in [1.29, 1.82) is 0 Å². The molecule has 4 amide bonds. The molecule has 2 N–H and O–H groups in total. The number of benzene rings is 2. The van der Waals surface area contributed by atoms with Crippen LogP contribution in [0.4, 0.5) is 4.79 Å². The number of fused-ring (bicyclic) bond motifs is 2. The Bertz CT molecular complexity index is 1230. The van der Waals surface area contributed by atoms with Crippen molar-refractivity contribution in [3.8, 4) is 0 Å². The standard InChI is InChI=1S/C26H27N3O4/c1-16(18-12-11-17-7-3-4-8-19(17)13-18)27-23(30)15-29-24(31)26(2,28-25(29)32)22-14-20-9-5-6-10-21(20)33-22/h5-6,9-14,16H,3-4,7-8,15H2,1-2H3,(H,27,30)(H,28,32)/t16-,26+/m0/s1. The van der Waals surface area contributed by atoms with Crippen LogP contribution in [0.15, 0.2) is 52.9 Å². The van der Waals surface area contributed by atoms with Crippen molar-refractivity contribution >= 4 is 28.8 Å². The van der Waals surface area contributed by atoms with Crippen LogP contribution in [0, 0.1) is 0 Å². The number of urea groups is 1. The molecule has 2 heterocycles. The van der Waals surface area contributed by atoms with Crippen LogP contribution in [0.3, 0.4) is 0 Å². The summed E-state index contributed by atoms with van der Waals surface area (Å²) >= 11 is 0. The molecule has 7 nitrogen and oxygen atoms in total. The highest BCUT2D eigenvalue weighted by atomic mass is 16.3. The maximum atomic E-state index is 13.2. The zero-order valence-electron chi connectivity index (χ0n) is 18.8. The number of nitrogens with one attached hydrogen (secondary N) is 2. The van der Waals surface area contributed by atoms with Gasteiger partial charge in [-0.25, -0.2) is 4.79 Å². The van der Waals surface area contributed by atoms with E-state index in [1.54, 1.807) is 19.1 Å². The molecule has 1 aliphatic heterocycles. The predicted octanol–water partition coefficient (Wildman–Crippen LogP) is 3.96. The monoisotopic (exact) mass is 445 g/mol. The quantitative estimate of drug-likeness (QED) is 0.582. The average molecular weight is 446 g/mol. The molecule has 0 spiro atoms. The van der Waals surface area contributed by atoms with Crippen LogP contribution in [0.5, 0.6) is 0 Å². The molecule has 1 saturated heterocycles. The molecule has 0 unspecified atom stereocenters. The zero-order valence-corrected chi connectivity index (χ0v) is 18.8. The van der Waals surface area contributed by atoms with Crippen molar-refractivity contribution in [2.45, 2.75) is 51.1 Å². The van der Waals surface area contributed by atoms with Gasteiger partial charge in [-0.15, -0.1) is 0 Å². The summed E-state index contributed by atoms with van der Waals surface area (Å²) in [5.41, 5.74) is 3.02. The van der Waals surface area contributed by atoms with Crippen LogP contribution >= 0.6 is 0 Å². The molecular formula is C26H27N3O4. The number of aryl methyl sites for hydroxylation is 2. The molecule has 33 heavy (non-hydrogen) atoms. The molecule has 1 fully saturated rings. The number of para-hydroxylation sites is 1. The molecule has 2 aromatic carbocycles. The molecule has 0 radical (unpaired) electrons. The molecule has 1 aliphatic carbocycles. The summed E-state index contributed by atoms with van der Waals surface area (Å²) < 4.78 is 5.83. The SMILES string of the molecule is C[C@H](NC(=O)CN1C(=O)N[C@](C)(c2cc3ccccc3o2)C1=O)c1ccc2c(c1)CCCC2. The highest BCUT2D eigenvalue weighted by Gasteiger charge is 2.51. The van der Waals surface area contributed by atoms with Gasteiger partial charge >= 0.3 is 6.03 Å². The van der Waals surface area contributed by atoms with Crippen LogP contribution < -0.4 is 10.6 Å². The Balaban J connectivity index is 1.28. The fourth-order valence-electron chi connectivity index (χ4n) is 4.77. The number of imide groups is 1. The van der Waals surface area contributed by atoms with E-state index in [0.29, 0.717) is 11.3 Å². The van der Waals surface area contributed by atoms with E-state index in [4.69, 9.17) is 4.42 Å². The molecule has 0 saturated carbocycles. The van der Waals surface area contributed by atoms with Gasteiger partial charge in [0.1, 0.15) is 17.9 Å². The third-order valence-corrected chi connectivity index (χ3v) is 6.75. The van der Waals surface area contributed by atoms with Crippen LogP contribution in [-0.2, 0) is 28.0 Å². The Morgan fingerprint density at radius 1 is 1.12 bits per heavy atom. The lowest BCUT2D eigenvalue weighted by molar-refractivity contribution is -0.135. The predicted molar refractivity (Wildman–Crippen MR) is 123 cm³/mol. The molecule has 0 bridgehead atoms. The van der Waals surface area contributed by atoms with Gasteiger partial charge in [0.2, 0.25) is 5.91 Å². The van der Waals surface area contributed by atoms with Gasteiger partial charge < -0.3 is 15.1 Å². The molecule has 2 aliphatic rings. The fourth-order valence-corrected chi connectivity index (χ4v) is 4.77. The van der Waals surface area contributed by atoms with E-state index in [9.17, 15) is 14.4 Å². The molecule has 3 aromatic rings. The van der Waals surface area contributed by atoms with Crippen LogP contribution in [-0.4, -0.2) is 29.3 Å². The van der Waals surface area contributed by atoms with Crippen molar-refractivity contribution in [3.63, 3.8) is 0 Å². The van der Waals surface area contributed by atoms with E-state index in [1.165, 1.54) is 24.0 Å². The largest absolute Gasteiger partial charge is 0.458 e. The summed E-state index contributed by atoms with van der Waals surface area (Å²) in [6.07, 6.45) is 4.57. The fraction of sp³-hybridized carbons (Fsp3) is 0.346. The summed E-state index contributed by atoms with van der Waals surface area (Å²) in [5.74, 6) is -0.562. The topological polar surface area (TPSA) is 91.7 Å². The lowest BCUT2D eigenvalue weighted by Crippen LogP contribution is -2.43. The number of amides is 4. The van der Waals surface area contributed by atoms with Gasteiger partial charge in [-0.05, 0) is 68.4 Å². The van der Waals surface area contributed by atoms with Gasteiger partial charge in [-0.3, -0.25) is 14.5 Å². The smallest absolute Gasteiger partial charge is 0.325 e. The van der Waals surface area contributed by atoms with Gasteiger partial charge in [0.15, 0.2) is 5.54 Å². The van der Waals surface area contributed by atoms with Crippen molar-refractivity contribution in [2.24, 2.45) is 0 Å². The number of rotatable bonds is 5. The Morgan fingerprint density at radius 3 is 2.67 bits per heavy atom. The second-order valence-electron chi connectivity index (χ2n) is 9.12. The number of carbonyl (C=O) groups excluding carboxylic acids is 3. The summed E-state index contributed by atoms with van der Waals surface area (Å²) in [7, 11) is 0. The summed E-state index contributed by atoms with van der Waals surface area (Å²) in [6, 6.07) is 14.6. The highest BCUT2D eigenvalue weighted by Crippen LogP contribution is 2.33. The average Bonchev–Trinajstić information content (AvgIpc) is 3.34. The first kappa shape index (κ1) is 21.2. The first-order chi connectivity index (χ1) is 15.8. The first-order valence-electron chi connectivity index (χ1n) is 11.4. The van der Waals surface area contributed by atoms with Gasteiger partial charge in [0.25, 0.3) is 5.91 Å². The van der Waals surface area contributed by atoms with Crippen LogP contribution in [0.25, 0.3) is 11.0 Å². The Morgan fingerprint density at radius 2 is 1.88 bits per heavy atom. The van der Waals surface area contributed by atoms with Gasteiger partial charge in [-0.1, -0.05) is 36.4 Å². The number of hydrogen-bond acceptors (Lipinski definition) is 4. The number of hydrogen-bond donors (Lipinski definition) is 2. The third-order valence-electron chi connectivity index (χ3n) is 6.75. The van der Waals surface area contributed by atoms with Crippen molar-refractivity contribution in [1.82, 2.24) is 15.5 Å². The Hall–Kier alpha value is -3.61. The molecule has 2 atom stereocenters. The Kier molecular flexibility index (Phi) is 5.19. The lowest BCUT2D eigenvalue weighted by Gasteiger charge is -2.21. The van der Waals surface area contributed by atoms with Crippen molar-refractivity contribution < 1.29 is 18.8 Å². The van der Waals surface area contributed by atoms with Gasteiger partial charge in [-0.2, -0.15) is 0 Å². The maximum Gasteiger partial charge on any atom is 0.325 e. The molecule has 170 valence electrons. The van der Waals surface area contributed by atoms with E-state index in [1.807, 2.05) is 31.2 Å². The van der Waals surface area contributed by atoms with Gasteiger partial charge in [0, 0.05) is 5.39 Å². The minimum atomic E-state index is -1.36. The minimum Gasteiger partial charge on any atom is -0.458 e. The molecule has 7 heteroatoms. The van der Waals surface area contributed by atoms with E-state index < -0.39 is 23.4 Å². The zero-order chi connectivity index (χ0) is 23.2.